The first-order chi connectivity index (χ1) is 16.2. The second kappa shape index (κ2) is 10.2. The molecule has 0 aliphatic carbocycles. The number of likely N-dealkylation sites (N-methyl/N-ethyl adjacent to an activating group) is 2. The Balaban J connectivity index is 2.14. The molecule has 1 aromatic rings. The molecule has 2 heterocycles. The van der Waals surface area contributed by atoms with Crippen molar-refractivity contribution in [1.82, 2.24) is 9.80 Å². The summed E-state index contributed by atoms with van der Waals surface area (Å²) in [5.74, 6) is 0. The molecular formula is C30H49N3SeSi. The van der Waals surface area contributed by atoms with E-state index in [1.807, 2.05) is 0 Å². The van der Waals surface area contributed by atoms with Crippen LogP contribution in [0.4, 0.5) is 5.69 Å². The molecule has 0 bridgehead atoms. The van der Waals surface area contributed by atoms with E-state index < -0.39 is 8.07 Å². The van der Waals surface area contributed by atoms with Gasteiger partial charge in [-0.3, -0.25) is 0 Å². The van der Waals surface area contributed by atoms with E-state index in [1.165, 1.54) is 27.2 Å². The quantitative estimate of drug-likeness (QED) is 0.396. The monoisotopic (exact) mass is 559 g/mol. The number of rotatable bonds is 6. The van der Waals surface area contributed by atoms with Crippen LogP contribution < -0.4 is 10.1 Å². The summed E-state index contributed by atoms with van der Waals surface area (Å²) in [4.78, 5) is 7.17. The van der Waals surface area contributed by atoms with Crippen LogP contribution in [-0.2, 0) is 5.41 Å². The van der Waals surface area contributed by atoms with Crippen molar-refractivity contribution in [2.75, 3.05) is 32.1 Å². The zero-order valence-electron chi connectivity index (χ0n) is 24.4. The van der Waals surface area contributed by atoms with E-state index in [1.54, 1.807) is 5.19 Å². The summed E-state index contributed by atoms with van der Waals surface area (Å²) < 4.78 is 1.22. The van der Waals surface area contributed by atoms with Gasteiger partial charge in [0.2, 0.25) is 0 Å². The predicted molar refractivity (Wildman–Crippen MR) is 160 cm³/mol. The van der Waals surface area contributed by atoms with Crippen LogP contribution >= 0.6 is 0 Å². The summed E-state index contributed by atoms with van der Waals surface area (Å²) in [6, 6.07) is 7.99. The first kappa shape index (κ1) is 28.3. The van der Waals surface area contributed by atoms with Crippen molar-refractivity contribution < 1.29 is 0 Å². The first-order valence-electron chi connectivity index (χ1n) is 13.5. The number of benzene rings is 1. The minimum absolute atomic E-state index is 0.0277. The molecule has 194 valence electrons. The van der Waals surface area contributed by atoms with E-state index in [2.05, 4.69) is 144 Å². The van der Waals surface area contributed by atoms with E-state index in [9.17, 15) is 0 Å². The van der Waals surface area contributed by atoms with Gasteiger partial charge in [-0.2, -0.15) is 0 Å². The van der Waals surface area contributed by atoms with Crippen LogP contribution in [-0.4, -0.2) is 71.3 Å². The second-order valence-electron chi connectivity index (χ2n) is 12.6. The van der Waals surface area contributed by atoms with Gasteiger partial charge in [0.25, 0.3) is 0 Å². The zero-order chi connectivity index (χ0) is 26.5. The van der Waals surface area contributed by atoms with Crippen molar-refractivity contribution >= 4 is 39.2 Å². The Kier molecular flexibility index (Phi) is 8.26. The Morgan fingerprint density at radius 3 is 1.83 bits per heavy atom. The molecule has 1 saturated heterocycles. The van der Waals surface area contributed by atoms with E-state index in [0.717, 1.165) is 13.1 Å². The molecule has 0 atom stereocenters. The van der Waals surface area contributed by atoms with E-state index in [4.69, 9.17) is 0 Å². The van der Waals surface area contributed by atoms with E-state index in [-0.39, 0.29) is 5.41 Å². The van der Waals surface area contributed by atoms with Crippen molar-refractivity contribution in [3.63, 3.8) is 0 Å². The van der Waals surface area contributed by atoms with Crippen molar-refractivity contribution in [1.29, 1.82) is 0 Å². The molecular weight excluding hydrogens is 509 g/mol. The summed E-state index contributed by atoms with van der Waals surface area (Å²) in [6.45, 7) is 26.3. The summed E-state index contributed by atoms with van der Waals surface area (Å²) in [5, 5.41) is 1.64. The van der Waals surface area contributed by atoms with Gasteiger partial charge in [-0.1, -0.05) is 41.5 Å². The van der Waals surface area contributed by atoms with Crippen LogP contribution in [0.3, 0.4) is 0 Å². The van der Waals surface area contributed by atoms with Gasteiger partial charge in [0.05, 0.1) is 0 Å². The molecule has 1 fully saturated rings. The third kappa shape index (κ3) is 4.73. The molecule has 2 aliphatic heterocycles. The Morgan fingerprint density at radius 2 is 1.37 bits per heavy atom. The van der Waals surface area contributed by atoms with Crippen LogP contribution in [0.2, 0.25) is 16.6 Å². The average molecular weight is 559 g/mol. The molecule has 2 aliphatic rings. The van der Waals surface area contributed by atoms with Gasteiger partial charge in [-0.15, -0.1) is 0 Å². The first-order valence-corrected chi connectivity index (χ1v) is 16.6. The Morgan fingerprint density at radius 1 is 0.857 bits per heavy atom. The molecule has 3 rings (SSSR count). The molecule has 0 radical (unpaired) electrons. The number of hydrogen-bond donors (Lipinski definition) is 0. The Hall–Kier alpha value is -1.29. The molecule has 1 aromatic carbocycles. The SMILES string of the molecule is CC(C)N1/C(=C/C=C2CN(C)C(=[Se])N(C)C2)C(C)(C)c2cc([Si](C(C)C)(C(C)C)C(C)C)ccc21. The van der Waals surface area contributed by atoms with Crippen molar-refractivity contribution in [3.05, 3.63) is 47.2 Å². The van der Waals surface area contributed by atoms with Crippen LogP contribution in [0.5, 0.6) is 0 Å². The van der Waals surface area contributed by atoms with E-state index in [0.29, 0.717) is 22.7 Å². The van der Waals surface area contributed by atoms with Crippen LogP contribution in [0.1, 0.15) is 74.8 Å². The minimum atomic E-state index is -1.71. The van der Waals surface area contributed by atoms with Gasteiger partial charge in [-0.05, 0) is 16.6 Å². The molecule has 3 nitrogen and oxygen atoms in total. The topological polar surface area (TPSA) is 9.72 Å². The van der Waals surface area contributed by atoms with Crippen LogP contribution in [0.15, 0.2) is 41.6 Å². The Labute approximate surface area is 225 Å². The van der Waals surface area contributed by atoms with Gasteiger partial charge in [0, 0.05) is 0 Å². The van der Waals surface area contributed by atoms with Gasteiger partial charge in [0.15, 0.2) is 0 Å². The van der Waals surface area contributed by atoms with Crippen LogP contribution in [0.25, 0.3) is 0 Å². The number of anilines is 1. The number of fused-ring (bicyclic) bond motifs is 1. The predicted octanol–water partition coefficient (Wildman–Crippen LogP) is 6.02. The van der Waals surface area contributed by atoms with E-state index >= 15 is 0 Å². The third-order valence-corrected chi connectivity index (χ3v) is 17.1. The summed E-state index contributed by atoms with van der Waals surface area (Å²) >= 11 is 3.20. The van der Waals surface area contributed by atoms with Gasteiger partial charge >= 0.3 is 167 Å². The molecule has 5 heteroatoms. The fourth-order valence-electron chi connectivity index (χ4n) is 7.32. The molecule has 0 saturated carbocycles. The molecule has 0 amide bonds. The molecule has 0 aromatic heterocycles. The average Bonchev–Trinajstić information content (AvgIpc) is 2.96. The summed E-state index contributed by atoms with van der Waals surface area (Å²) in [6.07, 6.45) is 4.80. The maximum absolute atomic E-state index is 3.20. The fraction of sp³-hybridized carbons (Fsp3) is 0.633. The van der Waals surface area contributed by atoms with Gasteiger partial charge in [0.1, 0.15) is 0 Å². The van der Waals surface area contributed by atoms with Crippen LogP contribution in [0, 0.1) is 0 Å². The number of hydrogen-bond acceptors (Lipinski definition) is 3. The molecule has 0 unspecified atom stereocenters. The third-order valence-electron chi connectivity index (χ3n) is 8.72. The molecule has 0 N–H and O–H groups in total. The fourth-order valence-corrected chi connectivity index (χ4v) is 14.4. The maximum atomic E-state index is 3.20. The van der Waals surface area contributed by atoms with Gasteiger partial charge in [-0.25, -0.2) is 0 Å². The standard InChI is InChI=1S/C30H49N3SeSi/c1-20(2)33-27-15-14-25(35(21(3)4,22(5)6)23(7)8)17-26(27)30(9,10)28(33)16-13-24-18-31(11)29(34)32(12)19-24/h13-17,20-23H,18-19H2,1-12H3/b28-16+. The van der Waals surface area contributed by atoms with Gasteiger partial charge < -0.3 is 0 Å². The van der Waals surface area contributed by atoms with Crippen molar-refractivity contribution in [3.8, 4) is 0 Å². The normalized spacial score (nSPS) is 19.8. The summed E-state index contributed by atoms with van der Waals surface area (Å²) in [7, 11) is 2.61. The number of nitrogens with zero attached hydrogens (tertiary/aromatic N) is 3. The molecule has 0 spiro atoms. The molecule has 35 heavy (non-hydrogen) atoms. The van der Waals surface area contributed by atoms with Crippen molar-refractivity contribution in [2.24, 2.45) is 0 Å². The second-order valence-corrected chi connectivity index (χ2v) is 19.3. The van der Waals surface area contributed by atoms with Crippen molar-refractivity contribution in [2.45, 2.75) is 97.3 Å². The number of allylic oxidation sites excluding steroid dienone is 3. The summed E-state index contributed by atoms with van der Waals surface area (Å²) in [5.41, 5.74) is 7.87. The zero-order valence-corrected chi connectivity index (χ0v) is 27.1. The Bertz CT molecular complexity index is 981.